The standard InChI is InChI=1S/C22H31N7O2/c1-23-21(24-12-8-18-4-6-19(31-2)7-5-18)25-13-9-20(30)28-14-16-29(17-15-28)22-26-10-3-11-27-22/h3-7,10-11H,8-9,12-17H2,1-2H3,(H2,23,24,25). The summed E-state index contributed by atoms with van der Waals surface area (Å²) in [5.74, 6) is 2.43. The molecule has 0 spiro atoms. The van der Waals surface area contributed by atoms with E-state index in [1.54, 1.807) is 32.6 Å². The molecule has 0 atom stereocenters. The van der Waals surface area contributed by atoms with Gasteiger partial charge in [-0.25, -0.2) is 9.97 Å². The molecule has 31 heavy (non-hydrogen) atoms. The Balaban J connectivity index is 1.32. The summed E-state index contributed by atoms with van der Waals surface area (Å²) in [5, 5.41) is 6.51. The second-order valence-electron chi connectivity index (χ2n) is 7.19. The molecule has 0 bridgehead atoms. The monoisotopic (exact) mass is 425 g/mol. The predicted octanol–water partition coefficient (Wildman–Crippen LogP) is 0.932. The molecule has 1 saturated heterocycles. The Labute approximate surface area is 183 Å². The maximum Gasteiger partial charge on any atom is 0.225 e. The number of rotatable bonds is 8. The molecule has 166 valence electrons. The Kier molecular flexibility index (Phi) is 8.45. The van der Waals surface area contributed by atoms with Crippen molar-refractivity contribution in [3.05, 3.63) is 48.3 Å². The molecule has 1 aromatic heterocycles. The third-order valence-electron chi connectivity index (χ3n) is 5.19. The minimum absolute atomic E-state index is 0.148. The van der Waals surface area contributed by atoms with Crippen LogP contribution in [0.3, 0.4) is 0 Å². The summed E-state index contributed by atoms with van der Waals surface area (Å²) in [6.45, 7) is 4.17. The number of nitrogens with one attached hydrogen (secondary N) is 2. The van der Waals surface area contributed by atoms with Crippen molar-refractivity contribution in [1.29, 1.82) is 0 Å². The number of hydrogen-bond donors (Lipinski definition) is 2. The molecule has 2 aromatic rings. The van der Waals surface area contributed by atoms with E-state index in [0.717, 1.165) is 37.8 Å². The molecule has 9 heteroatoms. The zero-order valence-electron chi connectivity index (χ0n) is 18.3. The van der Waals surface area contributed by atoms with Gasteiger partial charge in [-0.3, -0.25) is 9.79 Å². The van der Waals surface area contributed by atoms with Gasteiger partial charge in [-0.05, 0) is 30.2 Å². The van der Waals surface area contributed by atoms with E-state index >= 15 is 0 Å². The third kappa shape index (κ3) is 6.84. The van der Waals surface area contributed by atoms with Crippen LogP contribution in [0.15, 0.2) is 47.7 Å². The van der Waals surface area contributed by atoms with Crippen LogP contribution in [-0.4, -0.2) is 80.2 Å². The highest BCUT2D eigenvalue weighted by atomic mass is 16.5. The lowest BCUT2D eigenvalue weighted by molar-refractivity contribution is -0.131. The molecule has 1 aliphatic heterocycles. The summed E-state index contributed by atoms with van der Waals surface area (Å²) in [7, 11) is 3.39. The van der Waals surface area contributed by atoms with Crippen LogP contribution >= 0.6 is 0 Å². The maximum absolute atomic E-state index is 12.5. The van der Waals surface area contributed by atoms with Crippen LogP contribution in [0, 0.1) is 0 Å². The lowest BCUT2D eigenvalue weighted by atomic mass is 10.1. The highest BCUT2D eigenvalue weighted by Gasteiger charge is 2.22. The number of anilines is 1. The number of amides is 1. The third-order valence-corrected chi connectivity index (χ3v) is 5.19. The van der Waals surface area contributed by atoms with E-state index < -0.39 is 0 Å². The Morgan fingerprint density at radius 2 is 1.74 bits per heavy atom. The predicted molar refractivity (Wildman–Crippen MR) is 122 cm³/mol. The fraction of sp³-hybridized carbons (Fsp3) is 0.455. The first-order valence-corrected chi connectivity index (χ1v) is 10.6. The number of guanidine groups is 1. The topological polar surface area (TPSA) is 95.0 Å². The molecule has 2 N–H and O–H groups in total. The lowest BCUT2D eigenvalue weighted by Gasteiger charge is -2.34. The summed E-state index contributed by atoms with van der Waals surface area (Å²) >= 11 is 0. The van der Waals surface area contributed by atoms with Crippen LogP contribution in [-0.2, 0) is 11.2 Å². The number of aliphatic imine (C=N–C) groups is 1. The van der Waals surface area contributed by atoms with Crippen molar-refractivity contribution in [2.45, 2.75) is 12.8 Å². The summed E-state index contributed by atoms with van der Waals surface area (Å²) in [5.41, 5.74) is 1.22. The first-order chi connectivity index (χ1) is 15.2. The number of hydrogen-bond acceptors (Lipinski definition) is 6. The van der Waals surface area contributed by atoms with Crippen molar-refractivity contribution < 1.29 is 9.53 Å². The van der Waals surface area contributed by atoms with Crippen LogP contribution < -0.4 is 20.3 Å². The van der Waals surface area contributed by atoms with E-state index in [0.29, 0.717) is 32.0 Å². The maximum atomic E-state index is 12.5. The van der Waals surface area contributed by atoms with Gasteiger partial charge >= 0.3 is 0 Å². The van der Waals surface area contributed by atoms with E-state index in [9.17, 15) is 4.79 Å². The van der Waals surface area contributed by atoms with E-state index in [-0.39, 0.29) is 5.91 Å². The van der Waals surface area contributed by atoms with Crippen molar-refractivity contribution >= 4 is 17.8 Å². The van der Waals surface area contributed by atoms with E-state index in [1.165, 1.54) is 5.56 Å². The Bertz CT molecular complexity index is 835. The average molecular weight is 426 g/mol. The SMILES string of the molecule is CN=C(NCCC(=O)N1CCN(c2ncccn2)CC1)NCCc1ccc(OC)cc1. The summed E-state index contributed by atoms with van der Waals surface area (Å²) in [6.07, 6.45) is 4.78. The second-order valence-corrected chi connectivity index (χ2v) is 7.19. The van der Waals surface area contributed by atoms with Crippen LogP contribution in [0.4, 0.5) is 5.95 Å². The fourth-order valence-electron chi connectivity index (χ4n) is 3.39. The first kappa shape index (κ1) is 22.3. The van der Waals surface area contributed by atoms with E-state index in [1.807, 2.05) is 17.0 Å². The summed E-state index contributed by atoms with van der Waals surface area (Å²) in [4.78, 5) is 29.3. The van der Waals surface area contributed by atoms with Crippen molar-refractivity contribution in [3.8, 4) is 5.75 Å². The van der Waals surface area contributed by atoms with Crippen LogP contribution in [0.25, 0.3) is 0 Å². The van der Waals surface area contributed by atoms with Gasteiger partial charge in [0, 0.05) is 65.1 Å². The summed E-state index contributed by atoms with van der Waals surface area (Å²) in [6, 6.07) is 9.83. The van der Waals surface area contributed by atoms with Gasteiger partial charge in [0.2, 0.25) is 11.9 Å². The number of benzene rings is 1. The van der Waals surface area contributed by atoms with Crippen molar-refractivity contribution in [1.82, 2.24) is 25.5 Å². The lowest BCUT2D eigenvalue weighted by Crippen LogP contribution is -2.50. The van der Waals surface area contributed by atoms with Crippen molar-refractivity contribution in [3.63, 3.8) is 0 Å². The Hall–Kier alpha value is -3.36. The molecule has 1 aromatic carbocycles. The molecule has 1 amide bonds. The average Bonchev–Trinajstić information content (AvgIpc) is 2.84. The van der Waals surface area contributed by atoms with Gasteiger partial charge in [-0.1, -0.05) is 12.1 Å². The van der Waals surface area contributed by atoms with Crippen LogP contribution in [0.2, 0.25) is 0 Å². The first-order valence-electron chi connectivity index (χ1n) is 10.6. The number of methoxy groups -OCH3 is 1. The molecule has 0 aliphatic carbocycles. The van der Waals surface area contributed by atoms with Crippen LogP contribution in [0.5, 0.6) is 5.75 Å². The highest BCUT2D eigenvalue weighted by Crippen LogP contribution is 2.11. The van der Waals surface area contributed by atoms with Gasteiger partial charge in [0.05, 0.1) is 7.11 Å². The molecule has 9 nitrogen and oxygen atoms in total. The van der Waals surface area contributed by atoms with Gasteiger partial charge in [0.15, 0.2) is 5.96 Å². The molecule has 0 saturated carbocycles. The van der Waals surface area contributed by atoms with Gasteiger partial charge in [0.1, 0.15) is 5.75 Å². The van der Waals surface area contributed by atoms with Gasteiger partial charge < -0.3 is 25.2 Å². The minimum Gasteiger partial charge on any atom is -0.497 e. The number of aromatic nitrogens is 2. The Morgan fingerprint density at radius 1 is 1.06 bits per heavy atom. The molecule has 1 aliphatic rings. The van der Waals surface area contributed by atoms with Crippen LogP contribution in [0.1, 0.15) is 12.0 Å². The van der Waals surface area contributed by atoms with E-state index in [4.69, 9.17) is 4.74 Å². The number of carbonyl (C=O) groups is 1. The molecule has 0 unspecified atom stereocenters. The fourth-order valence-corrected chi connectivity index (χ4v) is 3.39. The zero-order chi connectivity index (χ0) is 21.9. The van der Waals surface area contributed by atoms with Crippen molar-refractivity contribution in [2.24, 2.45) is 4.99 Å². The molecule has 3 rings (SSSR count). The molecular weight excluding hydrogens is 394 g/mol. The molecule has 2 heterocycles. The largest absolute Gasteiger partial charge is 0.497 e. The number of ether oxygens (including phenoxy) is 1. The zero-order valence-corrected chi connectivity index (χ0v) is 18.3. The normalized spacial score (nSPS) is 14.3. The van der Waals surface area contributed by atoms with E-state index in [2.05, 4.69) is 42.6 Å². The summed E-state index contributed by atoms with van der Waals surface area (Å²) < 4.78 is 5.18. The van der Waals surface area contributed by atoms with Gasteiger partial charge in [-0.2, -0.15) is 0 Å². The molecule has 0 radical (unpaired) electrons. The molecular formula is C22H31N7O2. The van der Waals surface area contributed by atoms with Crippen molar-refractivity contribution in [2.75, 3.05) is 58.3 Å². The minimum atomic E-state index is 0.148. The van der Waals surface area contributed by atoms with Gasteiger partial charge in [0.25, 0.3) is 0 Å². The second kappa shape index (κ2) is 11.7. The Morgan fingerprint density at radius 3 is 2.39 bits per heavy atom. The highest BCUT2D eigenvalue weighted by molar-refractivity contribution is 5.81. The number of carbonyl (C=O) groups excluding carboxylic acids is 1. The molecule has 1 fully saturated rings. The van der Waals surface area contributed by atoms with Gasteiger partial charge in [-0.15, -0.1) is 0 Å². The smallest absolute Gasteiger partial charge is 0.225 e. The number of piperazine rings is 1. The quantitative estimate of drug-likeness (QED) is 0.480. The number of nitrogens with zero attached hydrogens (tertiary/aromatic N) is 5.